The van der Waals surface area contributed by atoms with Crippen LogP contribution in [-0.4, -0.2) is 40.7 Å². The predicted molar refractivity (Wildman–Crippen MR) is 62.0 cm³/mol. The number of carbonyl (C=O) groups is 1. The Bertz CT molecular complexity index is 352. The van der Waals surface area contributed by atoms with Gasteiger partial charge in [0.2, 0.25) is 5.91 Å². The number of hydrogen-bond acceptors (Lipinski definition) is 5. The molecule has 7 heteroatoms. The van der Waals surface area contributed by atoms with E-state index in [1.165, 1.54) is 4.68 Å². The quantitative estimate of drug-likeness (QED) is 0.656. The second-order valence-electron chi connectivity index (χ2n) is 3.86. The topological polar surface area (TPSA) is 95.1 Å². The van der Waals surface area contributed by atoms with Gasteiger partial charge in [-0.1, -0.05) is 5.21 Å². The van der Waals surface area contributed by atoms with Crippen molar-refractivity contribution in [2.45, 2.75) is 32.5 Å². The maximum Gasteiger partial charge on any atom is 0.242 e. The molecule has 0 aliphatic heterocycles. The van der Waals surface area contributed by atoms with Gasteiger partial charge in [-0.05, 0) is 13.3 Å². The highest BCUT2D eigenvalue weighted by molar-refractivity contribution is 5.75. The molecule has 0 aliphatic carbocycles. The van der Waals surface area contributed by atoms with E-state index in [-0.39, 0.29) is 18.5 Å². The van der Waals surface area contributed by atoms with Gasteiger partial charge in [0.25, 0.3) is 0 Å². The number of nitrogens with two attached hydrogens (primary N) is 1. The molecule has 1 amide bonds. The molecule has 0 fully saturated rings. The third-order valence-corrected chi connectivity index (χ3v) is 2.26. The van der Waals surface area contributed by atoms with Crippen LogP contribution in [0.1, 0.15) is 19.0 Å². The van der Waals surface area contributed by atoms with Crippen molar-refractivity contribution in [1.29, 1.82) is 0 Å². The van der Waals surface area contributed by atoms with Gasteiger partial charge in [-0.15, -0.1) is 5.10 Å². The van der Waals surface area contributed by atoms with Crippen LogP contribution in [0.4, 0.5) is 0 Å². The van der Waals surface area contributed by atoms with Gasteiger partial charge in [0.15, 0.2) is 0 Å². The molecule has 3 N–H and O–H groups in total. The van der Waals surface area contributed by atoms with Crippen LogP contribution in [-0.2, 0) is 22.6 Å². The lowest BCUT2D eigenvalue weighted by atomic mass is 10.2. The molecule has 0 aromatic carbocycles. The summed E-state index contributed by atoms with van der Waals surface area (Å²) in [6.07, 6.45) is 2.45. The van der Waals surface area contributed by atoms with E-state index in [2.05, 4.69) is 15.6 Å². The number of rotatable bonds is 7. The number of ether oxygens (including phenoxy) is 1. The van der Waals surface area contributed by atoms with Gasteiger partial charge in [-0.25, -0.2) is 4.68 Å². The van der Waals surface area contributed by atoms with Gasteiger partial charge in [0, 0.05) is 26.3 Å². The molecule has 0 bridgehead atoms. The fourth-order valence-electron chi connectivity index (χ4n) is 1.34. The molecule has 1 atom stereocenters. The van der Waals surface area contributed by atoms with Crippen molar-refractivity contribution in [3.8, 4) is 0 Å². The van der Waals surface area contributed by atoms with Gasteiger partial charge in [-0.2, -0.15) is 0 Å². The van der Waals surface area contributed by atoms with Crippen molar-refractivity contribution in [3.63, 3.8) is 0 Å². The average Bonchev–Trinajstić information content (AvgIpc) is 2.73. The van der Waals surface area contributed by atoms with Crippen molar-refractivity contribution in [3.05, 3.63) is 11.9 Å². The normalized spacial score (nSPS) is 12.4. The second kappa shape index (κ2) is 6.97. The number of hydrogen-bond donors (Lipinski definition) is 2. The summed E-state index contributed by atoms with van der Waals surface area (Å²) >= 11 is 0. The average molecular weight is 241 g/mol. The lowest BCUT2D eigenvalue weighted by Gasteiger charge is -2.12. The molecule has 1 heterocycles. The predicted octanol–water partition coefficient (Wildman–Crippen LogP) is -0.722. The first-order valence-electron chi connectivity index (χ1n) is 5.53. The number of methoxy groups -OCH3 is 1. The van der Waals surface area contributed by atoms with E-state index in [1.807, 2.05) is 6.92 Å². The number of carbonyl (C=O) groups excluding carboxylic acids is 1. The van der Waals surface area contributed by atoms with Crippen LogP contribution in [0.5, 0.6) is 0 Å². The summed E-state index contributed by atoms with van der Waals surface area (Å²) in [7, 11) is 1.64. The standard InChI is InChI=1S/C10H19N5O2/c1-8(3-4-17-2)12-10(16)7-15-6-9(5-11)13-14-15/h6,8H,3-5,7,11H2,1-2H3,(H,12,16). The largest absolute Gasteiger partial charge is 0.385 e. The number of amides is 1. The smallest absolute Gasteiger partial charge is 0.242 e. The molecule has 7 nitrogen and oxygen atoms in total. The Hall–Kier alpha value is -1.47. The molecular formula is C10H19N5O2. The minimum Gasteiger partial charge on any atom is -0.385 e. The first-order valence-corrected chi connectivity index (χ1v) is 5.53. The van der Waals surface area contributed by atoms with Gasteiger partial charge in [0.05, 0.1) is 11.9 Å². The molecule has 96 valence electrons. The maximum absolute atomic E-state index is 11.6. The van der Waals surface area contributed by atoms with E-state index in [1.54, 1.807) is 13.3 Å². The van der Waals surface area contributed by atoms with E-state index < -0.39 is 0 Å². The zero-order chi connectivity index (χ0) is 12.7. The van der Waals surface area contributed by atoms with Crippen molar-refractivity contribution >= 4 is 5.91 Å². The minimum absolute atomic E-state index is 0.0833. The van der Waals surface area contributed by atoms with Gasteiger partial charge < -0.3 is 15.8 Å². The fourth-order valence-corrected chi connectivity index (χ4v) is 1.34. The number of aromatic nitrogens is 3. The summed E-state index contributed by atoms with van der Waals surface area (Å²) < 4.78 is 6.41. The van der Waals surface area contributed by atoms with Crippen LogP contribution < -0.4 is 11.1 Å². The number of nitrogens with zero attached hydrogens (tertiary/aromatic N) is 3. The van der Waals surface area contributed by atoms with E-state index in [0.29, 0.717) is 18.8 Å². The second-order valence-corrected chi connectivity index (χ2v) is 3.86. The summed E-state index contributed by atoms with van der Waals surface area (Å²) in [5.74, 6) is -0.0953. The Kier molecular flexibility index (Phi) is 5.58. The Morgan fingerprint density at radius 2 is 2.47 bits per heavy atom. The van der Waals surface area contributed by atoms with E-state index in [4.69, 9.17) is 10.5 Å². The Morgan fingerprint density at radius 1 is 1.71 bits per heavy atom. The highest BCUT2D eigenvalue weighted by atomic mass is 16.5. The van der Waals surface area contributed by atoms with Crippen LogP contribution in [0.15, 0.2) is 6.20 Å². The minimum atomic E-state index is -0.0953. The highest BCUT2D eigenvalue weighted by Gasteiger charge is 2.08. The van der Waals surface area contributed by atoms with Crippen LogP contribution >= 0.6 is 0 Å². The Morgan fingerprint density at radius 3 is 3.06 bits per heavy atom. The number of nitrogens with one attached hydrogen (secondary N) is 1. The van der Waals surface area contributed by atoms with Crippen molar-refractivity contribution in [1.82, 2.24) is 20.3 Å². The summed E-state index contributed by atoms with van der Waals surface area (Å²) in [5, 5.41) is 10.5. The first-order chi connectivity index (χ1) is 8.15. The van der Waals surface area contributed by atoms with E-state index >= 15 is 0 Å². The van der Waals surface area contributed by atoms with E-state index in [0.717, 1.165) is 6.42 Å². The third-order valence-electron chi connectivity index (χ3n) is 2.26. The molecule has 1 aromatic rings. The summed E-state index contributed by atoms with van der Waals surface area (Å²) in [4.78, 5) is 11.6. The zero-order valence-electron chi connectivity index (χ0n) is 10.2. The zero-order valence-corrected chi connectivity index (χ0v) is 10.2. The molecule has 1 unspecified atom stereocenters. The maximum atomic E-state index is 11.6. The van der Waals surface area contributed by atoms with Gasteiger partial charge >= 0.3 is 0 Å². The SMILES string of the molecule is COCCC(C)NC(=O)Cn1cc(CN)nn1. The molecule has 0 saturated heterocycles. The lowest BCUT2D eigenvalue weighted by Crippen LogP contribution is -2.35. The molecule has 0 saturated carbocycles. The Labute approximate surface area is 100 Å². The van der Waals surface area contributed by atoms with Crippen molar-refractivity contribution in [2.75, 3.05) is 13.7 Å². The molecule has 0 aliphatic rings. The van der Waals surface area contributed by atoms with Gasteiger partial charge in [-0.3, -0.25) is 4.79 Å². The highest BCUT2D eigenvalue weighted by Crippen LogP contribution is 1.93. The molecular weight excluding hydrogens is 222 g/mol. The molecule has 17 heavy (non-hydrogen) atoms. The third kappa shape index (κ3) is 4.92. The van der Waals surface area contributed by atoms with Crippen molar-refractivity contribution < 1.29 is 9.53 Å². The molecule has 1 aromatic heterocycles. The van der Waals surface area contributed by atoms with Crippen LogP contribution in [0.25, 0.3) is 0 Å². The monoisotopic (exact) mass is 241 g/mol. The molecule has 0 spiro atoms. The van der Waals surface area contributed by atoms with E-state index in [9.17, 15) is 4.79 Å². The van der Waals surface area contributed by atoms with Crippen LogP contribution in [0.3, 0.4) is 0 Å². The van der Waals surface area contributed by atoms with Crippen LogP contribution in [0.2, 0.25) is 0 Å². The fraction of sp³-hybridized carbons (Fsp3) is 0.700. The van der Waals surface area contributed by atoms with Crippen molar-refractivity contribution in [2.24, 2.45) is 5.73 Å². The van der Waals surface area contributed by atoms with Gasteiger partial charge in [0.1, 0.15) is 6.54 Å². The lowest BCUT2D eigenvalue weighted by molar-refractivity contribution is -0.122. The first kappa shape index (κ1) is 13.6. The Balaban J connectivity index is 2.33. The summed E-state index contributed by atoms with van der Waals surface area (Å²) in [6.45, 7) is 3.04. The summed E-state index contributed by atoms with van der Waals surface area (Å²) in [6, 6.07) is 0.0833. The molecule has 1 rings (SSSR count). The van der Waals surface area contributed by atoms with Crippen LogP contribution in [0, 0.1) is 0 Å². The summed E-state index contributed by atoms with van der Waals surface area (Å²) in [5.41, 5.74) is 6.07. The molecule has 0 radical (unpaired) electrons.